The van der Waals surface area contributed by atoms with Gasteiger partial charge in [-0.25, -0.2) is 0 Å². The van der Waals surface area contributed by atoms with Gasteiger partial charge in [0.2, 0.25) is 0 Å². The lowest BCUT2D eigenvalue weighted by molar-refractivity contribution is 0.0291. The normalized spacial score (nSPS) is 28.3. The number of rotatable bonds is 1. The van der Waals surface area contributed by atoms with Crippen LogP contribution in [0.15, 0.2) is 0 Å². The molecule has 0 amide bonds. The third-order valence-corrected chi connectivity index (χ3v) is 2.77. The summed E-state index contributed by atoms with van der Waals surface area (Å²) in [6.45, 7) is 5.66. The first-order valence-electron chi connectivity index (χ1n) is 4.21. The quantitative estimate of drug-likeness (QED) is 0.526. The van der Waals surface area contributed by atoms with Crippen LogP contribution in [0.1, 0.15) is 6.42 Å². The van der Waals surface area contributed by atoms with Crippen LogP contribution in [0.2, 0.25) is 0 Å². The molecule has 1 spiro atoms. The van der Waals surface area contributed by atoms with E-state index in [4.69, 9.17) is 6.42 Å². The molecule has 0 unspecified atom stereocenters. The zero-order chi connectivity index (χ0) is 7.73. The summed E-state index contributed by atoms with van der Waals surface area (Å²) in [5.41, 5.74) is 0.608. The molecule has 2 saturated heterocycles. The predicted molar refractivity (Wildman–Crippen MR) is 45.2 cm³/mol. The first-order valence-corrected chi connectivity index (χ1v) is 4.21. The fourth-order valence-electron chi connectivity index (χ4n) is 2.21. The summed E-state index contributed by atoms with van der Waals surface area (Å²) in [4.78, 5) is 2.34. The Morgan fingerprint density at radius 1 is 1.55 bits per heavy atom. The maximum atomic E-state index is 5.22. The summed E-state index contributed by atoms with van der Waals surface area (Å²) in [5, 5.41) is 3.40. The molecule has 0 atom stereocenters. The number of terminal acetylenes is 1. The summed E-state index contributed by atoms with van der Waals surface area (Å²) in [6.07, 6.45) is 6.56. The van der Waals surface area contributed by atoms with Gasteiger partial charge in [-0.1, -0.05) is 5.92 Å². The molecule has 60 valence electrons. The maximum Gasteiger partial charge on any atom is 0.0599 e. The molecule has 2 heteroatoms. The monoisotopic (exact) mass is 150 g/mol. The Morgan fingerprint density at radius 2 is 2.36 bits per heavy atom. The van der Waals surface area contributed by atoms with Crippen molar-refractivity contribution >= 4 is 0 Å². The Balaban J connectivity index is 1.82. The van der Waals surface area contributed by atoms with E-state index in [9.17, 15) is 0 Å². The second-order valence-electron chi connectivity index (χ2n) is 3.78. The maximum absolute atomic E-state index is 5.22. The number of likely N-dealkylation sites (tertiary alicyclic amines) is 1. The lowest BCUT2D eigenvalue weighted by atomic mass is 9.79. The topological polar surface area (TPSA) is 15.3 Å². The minimum Gasteiger partial charge on any atom is -0.316 e. The van der Waals surface area contributed by atoms with E-state index in [1.54, 1.807) is 0 Å². The van der Waals surface area contributed by atoms with Gasteiger partial charge in [-0.05, 0) is 13.0 Å². The molecular weight excluding hydrogens is 136 g/mol. The van der Waals surface area contributed by atoms with Gasteiger partial charge in [0.1, 0.15) is 0 Å². The lowest BCUT2D eigenvalue weighted by Gasteiger charge is -2.47. The second kappa shape index (κ2) is 2.51. The van der Waals surface area contributed by atoms with E-state index in [0.717, 1.165) is 6.54 Å². The van der Waals surface area contributed by atoms with Crippen LogP contribution in [-0.4, -0.2) is 37.6 Å². The highest BCUT2D eigenvalue weighted by Gasteiger charge is 2.44. The Bertz CT molecular complexity index is 178. The lowest BCUT2D eigenvalue weighted by Crippen LogP contribution is -2.57. The highest BCUT2D eigenvalue weighted by Crippen LogP contribution is 2.35. The van der Waals surface area contributed by atoms with Crippen LogP contribution in [0, 0.1) is 17.8 Å². The van der Waals surface area contributed by atoms with Gasteiger partial charge in [0.05, 0.1) is 6.54 Å². The molecule has 1 N–H and O–H groups in total. The van der Waals surface area contributed by atoms with Crippen molar-refractivity contribution in [2.45, 2.75) is 6.42 Å². The smallest absolute Gasteiger partial charge is 0.0599 e. The zero-order valence-electron chi connectivity index (χ0n) is 6.77. The van der Waals surface area contributed by atoms with Crippen LogP contribution < -0.4 is 5.32 Å². The summed E-state index contributed by atoms with van der Waals surface area (Å²) < 4.78 is 0. The zero-order valence-corrected chi connectivity index (χ0v) is 6.77. The van der Waals surface area contributed by atoms with Crippen molar-refractivity contribution in [3.8, 4) is 12.3 Å². The Hall–Kier alpha value is -0.520. The molecule has 0 saturated carbocycles. The van der Waals surface area contributed by atoms with Crippen molar-refractivity contribution in [1.82, 2.24) is 10.2 Å². The average Bonchev–Trinajstić information content (AvgIpc) is 2.35. The van der Waals surface area contributed by atoms with Crippen LogP contribution in [0.4, 0.5) is 0 Å². The molecule has 2 aliphatic rings. The van der Waals surface area contributed by atoms with Gasteiger partial charge in [0, 0.05) is 25.0 Å². The third kappa shape index (κ3) is 1.15. The van der Waals surface area contributed by atoms with E-state index in [2.05, 4.69) is 16.1 Å². The van der Waals surface area contributed by atoms with E-state index < -0.39 is 0 Å². The van der Waals surface area contributed by atoms with Gasteiger partial charge < -0.3 is 5.32 Å². The Labute approximate surface area is 68.0 Å². The molecule has 0 bridgehead atoms. The van der Waals surface area contributed by atoms with Gasteiger partial charge in [-0.2, -0.15) is 0 Å². The summed E-state index contributed by atoms with van der Waals surface area (Å²) in [6, 6.07) is 0. The molecule has 2 nitrogen and oxygen atoms in total. The van der Waals surface area contributed by atoms with Crippen LogP contribution in [0.3, 0.4) is 0 Å². The van der Waals surface area contributed by atoms with Crippen molar-refractivity contribution in [3.05, 3.63) is 0 Å². The molecule has 2 aliphatic heterocycles. The molecule has 0 radical (unpaired) electrons. The summed E-state index contributed by atoms with van der Waals surface area (Å²) in [5.74, 6) is 2.68. The molecule has 0 aromatic rings. The van der Waals surface area contributed by atoms with Gasteiger partial charge in [0.15, 0.2) is 0 Å². The molecule has 0 aliphatic carbocycles. The minimum atomic E-state index is 0.608. The molecule has 11 heavy (non-hydrogen) atoms. The molecule has 0 aromatic carbocycles. The molecular formula is C9H14N2. The number of hydrogen-bond donors (Lipinski definition) is 1. The van der Waals surface area contributed by atoms with Crippen molar-refractivity contribution in [2.75, 3.05) is 32.7 Å². The molecule has 2 heterocycles. The van der Waals surface area contributed by atoms with Crippen molar-refractivity contribution < 1.29 is 0 Å². The predicted octanol–water partition coefficient (Wildman–Crippen LogP) is -0.0851. The van der Waals surface area contributed by atoms with E-state index in [-0.39, 0.29) is 0 Å². The van der Waals surface area contributed by atoms with Crippen LogP contribution in [0.25, 0.3) is 0 Å². The first-order chi connectivity index (χ1) is 5.35. The Kier molecular flexibility index (Phi) is 1.63. The Morgan fingerprint density at radius 3 is 2.91 bits per heavy atom. The molecule has 0 aromatic heterocycles. The minimum absolute atomic E-state index is 0.608. The van der Waals surface area contributed by atoms with Crippen LogP contribution in [0.5, 0.6) is 0 Å². The SMILES string of the molecule is C#CCN1CC2(CCNC2)C1. The number of nitrogens with zero attached hydrogens (tertiary/aromatic N) is 1. The fraction of sp³-hybridized carbons (Fsp3) is 0.778. The standard InChI is InChI=1S/C9H14N2/c1-2-5-11-7-9(8-11)3-4-10-6-9/h1,10H,3-8H2. The first kappa shape index (κ1) is 7.15. The molecule has 2 rings (SSSR count). The fourth-order valence-corrected chi connectivity index (χ4v) is 2.21. The van der Waals surface area contributed by atoms with Crippen molar-refractivity contribution in [2.24, 2.45) is 5.41 Å². The third-order valence-electron chi connectivity index (χ3n) is 2.77. The second-order valence-corrected chi connectivity index (χ2v) is 3.78. The summed E-state index contributed by atoms with van der Waals surface area (Å²) in [7, 11) is 0. The van der Waals surface area contributed by atoms with Gasteiger partial charge in [-0.15, -0.1) is 6.42 Å². The van der Waals surface area contributed by atoms with E-state index in [1.807, 2.05) is 0 Å². The van der Waals surface area contributed by atoms with Crippen molar-refractivity contribution in [1.29, 1.82) is 0 Å². The largest absolute Gasteiger partial charge is 0.316 e. The number of hydrogen-bond acceptors (Lipinski definition) is 2. The average molecular weight is 150 g/mol. The van der Waals surface area contributed by atoms with E-state index in [1.165, 1.54) is 32.6 Å². The van der Waals surface area contributed by atoms with Crippen LogP contribution >= 0.6 is 0 Å². The van der Waals surface area contributed by atoms with Gasteiger partial charge in [0.25, 0.3) is 0 Å². The van der Waals surface area contributed by atoms with Gasteiger partial charge in [-0.3, -0.25) is 4.90 Å². The van der Waals surface area contributed by atoms with Gasteiger partial charge >= 0.3 is 0 Å². The highest BCUT2D eigenvalue weighted by atomic mass is 15.2. The van der Waals surface area contributed by atoms with Crippen molar-refractivity contribution in [3.63, 3.8) is 0 Å². The van der Waals surface area contributed by atoms with E-state index >= 15 is 0 Å². The van der Waals surface area contributed by atoms with E-state index in [0.29, 0.717) is 5.41 Å². The summed E-state index contributed by atoms with van der Waals surface area (Å²) >= 11 is 0. The highest BCUT2D eigenvalue weighted by molar-refractivity contribution is 5.03. The molecule has 2 fully saturated rings. The van der Waals surface area contributed by atoms with Crippen LogP contribution in [-0.2, 0) is 0 Å². The number of nitrogens with one attached hydrogen (secondary N) is 1.